The predicted octanol–water partition coefficient (Wildman–Crippen LogP) is 2.72. The molecule has 5 nitrogen and oxygen atoms in total. The first-order valence-electron chi connectivity index (χ1n) is 7.41. The van der Waals surface area contributed by atoms with Crippen LogP contribution in [-0.2, 0) is 0 Å². The van der Waals surface area contributed by atoms with Crippen LogP contribution in [0.4, 0.5) is 0 Å². The number of amides is 1. The normalized spacial score (nSPS) is 12.9. The Labute approximate surface area is 120 Å². The highest BCUT2D eigenvalue weighted by Crippen LogP contribution is 2.22. The van der Waals surface area contributed by atoms with E-state index in [0.29, 0.717) is 12.3 Å². The van der Waals surface area contributed by atoms with E-state index in [-0.39, 0.29) is 30.2 Å². The van der Waals surface area contributed by atoms with Crippen molar-refractivity contribution in [1.29, 1.82) is 0 Å². The van der Waals surface area contributed by atoms with Crippen molar-refractivity contribution in [3.8, 4) is 0 Å². The van der Waals surface area contributed by atoms with E-state index < -0.39 is 0 Å². The summed E-state index contributed by atoms with van der Waals surface area (Å²) in [4.78, 5) is 12.1. The summed E-state index contributed by atoms with van der Waals surface area (Å²) >= 11 is 0. The van der Waals surface area contributed by atoms with Crippen molar-refractivity contribution in [2.24, 2.45) is 5.92 Å². The van der Waals surface area contributed by atoms with Crippen molar-refractivity contribution in [2.75, 3.05) is 6.61 Å². The Morgan fingerprint density at radius 3 is 2.55 bits per heavy atom. The maximum Gasteiger partial charge on any atom is 0.290 e. The van der Waals surface area contributed by atoms with Crippen LogP contribution in [0.25, 0.3) is 0 Å². The van der Waals surface area contributed by atoms with Gasteiger partial charge in [-0.3, -0.25) is 4.79 Å². The van der Waals surface area contributed by atoms with Gasteiger partial charge in [0.1, 0.15) is 0 Å². The molecule has 0 bridgehead atoms. The molecule has 114 valence electrons. The van der Waals surface area contributed by atoms with Gasteiger partial charge in [0.2, 0.25) is 5.76 Å². The summed E-state index contributed by atoms with van der Waals surface area (Å²) in [5.74, 6) is 0.573. The summed E-state index contributed by atoms with van der Waals surface area (Å²) in [6.45, 7) is 8.27. The molecule has 0 fully saturated rings. The van der Waals surface area contributed by atoms with Gasteiger partial charge in [-0.05, 0) is 25.2 Å². The average Bonchev–Trinajstić information content (AvgIpc) is 2.89. The molecular formula is C15H26N2O3. The molecule has 0 aliphatic rings. The molecule has 0 unspecified atom stereocenters. The van der Waals surface area contributed by atoms with Crippen molar-refractivity contribution in [3.05, 3.63) is 17.5 Å². The molecule has 20 heavy (non-hydrogen) atoms. The van der Waals surface area contributed by atoms with Gasteiger partial charge < -0.3 is 14.9 Å². The molecular weight excluding hydrogens is 256 g/mol. The first-order valence-corrected chi connectivity index (χ1v) is 7.41. The molecule has 0 aromatic carbocycles. The molecule has 5 heteroatoms. The minimum absolute atomic E-state index is 0.0541. The maximum atomic E-state index is 12.1. The molecule has 0 saturated carbocycles. The van der Waals surface area contributed by atoms with E-state index in [1.54, 1.807) is 6.07 Å². The van der Waals surface area contributed by atoms with Crippen LogP contribution < -0.4 is 5.32 Å². The zero-order valence-corrected chi connectivity index (χ0v) is 12.8. The van der Waals surface area contributed by atoms with Gasteiger partial charge in [0.05, 0.1) is 5.69 Å². The lowest BCUT2D eigenvalue weighted by atomic mass is 9.99. The van der Waals surface area contributed by atoms with Gasteiger partial charge in [-0.25, -0.2) is 0 Å². The summed E-state index contributed by atoms with van der Waals surface area (Å²) in [6.07, 6.45) is 2.49. The zero-order valence-electron chi connectivity index (χ0n) is 12.8. The third-order valence-corrected chi connectivity index (χ3v) is 3.72. The van der Waals surface area contributed by atoms with Gasteiger partial charge in [0, 0.05) is 24.6 Å². The first kappa shape index (κ1) is 16.7. The van der Waals surface area contributed by atoms with E-state index in [1.807, 2.05) is 13.8 Å². The third-order valence-electron chi connectivity index (χ3n) is 3.72. The number of rotatable bonds is 8. The highest BCUT2D eigenvalue weighted by Gasteiger charge is 2.21. The molecule has 1 heterocycles. The lowest BCUT2D eigenvalue weighted by molar-refractivity contribution is 0.0879. The number of carbonyl (C=O) groups is 1. The van der Waals surface area contributed by atoms with E-state index in [9.17, 15) is 4.79 Å². The summed E-state index contributed by atoms with van der Waals surface area (Å²) in [5.41, 5.74) is 0.836. The summed E-state index contributed by atoms with van der Waals surface area (Å²) in [6, 6.07) is 1.66. The lowest BCUT2D eigenvalue weighted by Gasteiger charge is -2.20. The van der Waals surface area contributed by atoms with Crippen LogP contribution >= 0.6 is 0 Å². The van der Waals surface area contributed by atoms with Gasteiger partial charge in [0.15, 0.2) is 0 Å². The average molecular weight is 282 g/mol. The van der Waals surface area contributed by atoms with Gasteiger partial charge in [-0.15, -0.1) is 0 Å². The molecule has 0 saturated heterocycles. The summed E-state index contributed by atoms with van der Waals surface area (Å²) in [5, 5.41) is 15.9. The number of aromatic nitrogens is 1. The molecule has 1 amide bonds. The minimum atomic E-state index is -0.262. The molecule has 0 aliphatic heterocycles. The van der Waals surface area contributed by atoms with Crippen LogP contribution in [-0.4, -0.2) is 28.8 Å². The molecule has 1 aromatic heterocycles. The maximum absolute atomic E-state index is 12.1. The highest BCUT2D eigenvalue weighted by molar-refractivity contribution is 5.91. The Hall–Kier alpha value is -1.36. The second-order valence-corrected chi connectivity index (χ2v) is 5.47. The molecule has 0 aliphatic carbocycles. The number of nitrogens with one attached hydrogen (secondary N) is 1. The van der Waals surface area contributed by atoms with E-state index in [2.05, 4.69) is 24.3 Å². The molecule has 1 atom stereocenters. The second-order valence-electron chi connectivity index (χ2n) is 5.47. The standard InChI is InChI=1S/C15H26N2O3/c1-5-11(6-2)13-9-14(20-17-13)15(19)16-12(7-8-18)10(3)4/h9-12,18H,5-8H2,1-4H3,(H,16,19)/t12-/m1/s1. The quantitative estimate of drug-likeness (QED) is 0.768. The van der Waals surface area contributed by atoms with Crippen LogP contribution in [0.15, 0.2) is 10.6 Å². The summed E-state index contributed by atoms with van der Waals surface area (Å²) in [7, 11) is 0. The van der Waals surface area contributed by atoms with Crippen LogP contribution in [0, 0.1) is 5.92 Å². The van der Waals surface area contributed by atoms with Crippen LogP contribution in [0.5, 0.6) is 0 Å². The summed E-state index contributed by atoms with van der Waals surface area (Å²) < 4.78 is 5.15. The number of aliphatic hydroxyl groups excluding tert-OH is 1. The molecule has 0 radical (unpaired) electrons. The van der Waals surface area contributed by atoms with Gasteiger partial charge in [-0.2, -0.15) is 0 Å². The smallest absolute Gasteiger partial charge is 0.290 e. The highest BCUT2D eigenvalue weighted by atomic mass is 16.5. The number of hydrogen-bond donors (Lipinski definition) is 2. The Bertz CT molecular complexity index is 411. The van der Waals surface area contributed by atoms with E-state index in [0.717, 1.165) is 18.5 Å². The lowest BCUT2D eigenvalue weighted by Crippen LogP contribution is -2.39. The van der Waals surface area contributed by atoms with E-state index in [1.165, 1.54) is 0 Å². The fourth-order valence-corrected chi connectivity index (χ4v) is 2.25. The zero-order chi connectivity index (χ0) is 15.1. The van der Waals surface area contributed by atoms with Crippen molar-refractivity contribution >= 4 is 5.91 Å². The monoisotopic (exact) mass is 282 g/mol. The van der Waals surface area contributed by atoms with Crippen molar-refractivity contribution in [2.45, 2.75) is 58.9 Å². The molecule has 0 spiro atoms. The number of carbonyl (C=O) groups excluding carboxylic acids is 1. The van der Waals surface area contributed by atoms with E-state index >= 15 is 0 Å². The molecule has 2 N–H and O–H groups in total. The van der Waals surface area contributed by atoms with Gasteiger partial charge >= 0.3 is 0 Å². The molecule has 1 rings (SSSR count). The Balaban J connectivity index is 2.72. The van der Waals surface area contributed by atoms with Crippen molar-refractivity contribution in [1.82, 2.24) is 10.5 Å². The second kappa shape index (κ2) is 8.04. The SMILES string of the molecule is CCC(CC)c1cc(C(=O)N[C@H](CCO)C(C)C)on1. The van der Waals surface area contributed by atoms with Gasteiger partial charge in [0.25, 0.3) is 5.91 Å². The predicted molar refractivity (Wildman–Crippen MR) is 77.6 cm³/mol. The number of hydrogen-bond acceptors (Lipinski definition) is 4. The third kappa shape index (κ3) is 4.34. The first-order chi connectivity index (χ1) is 9.53. The Morgan fingerprint density at radius 1 is 1.40 bits per heavy atom. The Kier molecular flexibility index (Phi) is 6.71. The number of nitrogens with zero attached hydrogens (tertiary/aromatic N) is 1. The van der Waals surface area contributed by atoms with Crippen molar-refractivity contribution < 1.29 is 14.4 Å². The van der Waals surface area contributed by atoms with Crippen LogP contribution in [0.2, 0.25) is 0 Å². The fourth-order valence-electron chi connectivity index (χ4n) is 2.25. The Morgan fingerprint density at radius 2 is 2.05 bits per heavy atom. The topological polar surface area (TPSA) is 75.4 Å². The van der Waals surface area contributed by atoms with Crippen molar-refractivity contribution in [3.63, 3.8) is 0 Å². The largest absolute Gasteiger partial charge is 0.396 e. The van der Waals surface area contributed by atoms with Crippen LogP contribution in [0.3, 0.4) is 0 Å². The number of aliphatic hydroxyl groups is 1. The van der Waals surface area contributed by atoms with E-state index in [4.69, 9.17) is 9.63 Å². The van der Waals surface area contributed by atoms with Crippen LogP contribution in [0.1, 0.15) is 69.1 Å². The van der Waals surface area contributed by atoms with Gasteiger partial charge in [-0.1, -0.05) is 32.9 Å². The minimum Gasteiger partial charge on any atom is -0.396 e. The fraction of sp³-hybridized carbons (Fsp3) is 0.733. The molecule has 1 aromatic rings.